The van der Waals surface area contributed by atoms with Gasteiger partial charge in [-0.25, -0.2) is 0 Å². The van der Waals surface area contributed by atoms with E-state index >= 15 is 0 Å². The maximum atomic E-state index is 11.8. The lowest BCUT2D eigenvalue weighted by atomic mass is 10.1. The second-order valence-electron chi connectivity index (χ2n) is 4.75. The van der Waals surface area contributed by atoms with Crippen molar-refractivity contribution in [1.82, 2.24) is 10.2 Å². The van der Waals surface area contributed by atoms with E-state index in [4.69, 9.17) is 4.74 Å². The molecule has 0 aliphatic carbocycles. The van der Waals surface area contributed by atoms with E-state index in [1.54, 1.807) is 0 Å². The summed E-state index contributed by atoms with van der Waals surface area (Å²) < 4.78 is 5.15. The molecule has 1 aliphatic rings. The molecule has 1 aliphatic heterocycles. The Morgan fingerprint density at radius 2 is 1.85 bits per heavy atom. The van der Waals surface area contributed by atoms with Crippen molar-refractivity contribution in [1.29, 1.82) is 0 Å². The van der Waals surface area contributed by atoms with Crippen molar-refractivity contribution in [2.24, 2.45) is 0 Å². The third kappa shape index (κ3) is 4.35. The van der Waals surface area contributed by atoms with Gasteiger partial charge >= 0.3 is 11.8 Å². The molecule has 1 heterocycles. The van der Waals surface area contributed by atoms with E-state index in [2.05, 4.69) is 17.4 Å². The number of carbonyl (C=O) groups is 2. The summed E-state index contributed by atoms with van der Waals surface area (Å²) in [5.41, 5.74) is 1.24. The molecule has 1 fully saturated rings. The lowest BCUT2D eigenvalue weighted by Crippen LogP contribution is -2.48. The molecule has 0 unspecified atom stereocenters. The highest BCUT2D eigenvalue weighted by molar-refractivity contribution is 6.35. The zero-order chi connectivity index (χ0) is 14.2. The topological polar surface area (TPSA) is 58.6 Å². The minimum Gasteiger partial charge on any atom is -0.378 e. The number of amides is 2. The van der Waals surface area contributed by atoms with E-state index in [9.17, 15) is 9.59 Å². The van der Waals surface area contributed by atoms with Gasteiger partial charge < -0.3 is 15.0 Å². The number of benzene rings is 1. The molecule has 1 N–H and O–H groups in total. The van der Waals surface area contributed by atoms with E-state index in [1.807, 2.05) is 18.2 Å². The molecule has 5 heteroatoms. The molecule has 5 nitrogen and oxygen atoms in total. The highest BCUT2D eigenvalue weighted by Gasteiger charge is 2.22. The van der Waals surface area contributed by atoms with Crippen molar-refractivity contribution >= 4 is 11.8 Å². The van der Waals surface area contributed by atoms with Gasteiger partial charge in [0.2, 0.25) is 0 Å². The van der Waals surface area contributed by atoms with Crippen LogP contribution in [0.15, 0.2) is 30.3 Å². The maximum absolute atomic E-state index is 11.8. The van der Waals surface area contributed by atoms with Crippen LogP contribution >= 0.6 is 0 Å². The van der Waals surface area contributed by atoms with Gasteiger partial charge in [0.25, 0.3) is 0 Å². The van der Waals surface area contributed by atoms with Crippen LogP contribution in [0.1, 0.15) is 12.0 Å². The van der Waals surface area contributed by atoms with E-state index in [1.165, 1.54) is 10.5 Å². The summed E-state index contributed by atoms with van der Waals surface area (Å²) >= 11 is 0. The van der Waals surface area contributed by atoms with E-state index < -0.39 is 11.8 Å². The zero-order valence-electron chi connectivity index (χ0n) is 11.5. The molecule has 1 saturated heterocycles. The number of morpholine rings is 1. The summed E-state index contributed by atoms with van der Waals surface area (Å²) in [6, 6.07) is 10.1. The fraction of sp³-hybridized carbons (Fsp3) is 0.467. The first-order valence-corrected chi connectivity index (χ1v) is 6.96. The highest BCUT2D eigenvalue weighted by Crippen LogP contribution is 2.01. The van der Waals surface area contributed by atoms with Gasteiger partial charge in [-0.2, -0.15) is 0 Å². The third-order valence-electron chi connectivity index (χ3n) is 3.26. The van der Waals surface area contributed by atoms with Crippen molar-refractivity contribution in [2.75, 3.05) is 32.8 Å². The van der Waals surface area contributed by atoms with Gasteiger partial charge in [-0.1, -0.05) is 30.3 Å². The second kappa shape index (κ2) is 7.65. The standard InChI is InChI=1S/C15H20N2O3/c18-14(15(19)17-9-11-20-12-10-17)16-8-4-7-13-5-2-1-3-6-13/h1-3,5-6H,4,7-12H2,(H,16,18). The van der Waals surface area contributed by atoms with Crippen molar-refractivity contribution in [3.8, 4) is 0 Å². The Hall–Kier alpha value is -1.88. The van der Waals surface area contributed by atoms with Crippen LogP contribution in [0.5, 0.6) is 0 Å². The first kappa shape index (κ1) is 14.5. The van der Waals surface area contributed by atoms with Gasteiger partial charge in [0, 0.05) is 19.6 Å². The van der Waals surface area contributed by atoms with E-state index in [0.29, 0.717) is 32.8 Å². The smallest absolute Gasteiger partial charge is 0.312 e. The molecular weight excluding hydrogens is 256 g/mol. The number of nitrogens with one attached hydrogen (secondary N) is 1. The molecule has 108 valence electrons. The predicted octanol–water partition coefficient (Wildman–Crippen LogP) is 0.594. The Bertz CT molecular complexity index is 442. The third-order valence-corrected chi connectivity index (χ3v) is 3.26. The molecule has 1 aromatic carbocycles. The summed E-state index contributed by atoms with van der Waals surface area (Å²) in [4.78, 5) is 25.1. The Morgan fingerprint density at radius 1 is 1.15 bits per heavy atom. The molecule has 20 heavy (non-hydrogen) atoms. The summed E-state index contributed by atoms with van der Waals surface area (Å²) in [5.74, 6) is -0.965. The minimum atomic E-state index is -0.514. The Balaban J connectivity index is 1.65. The van der Waals surface area contributed by atoms with Gasteiger partial charge in [0.05, 0.1) is 13.2 Å². The van der Waals surface area contributed by atoms with Crippen molar-refractivity contribution in [2.45, 2.75) is 12.8 Å². The number of hydrogen-bond acceptors (Lipinski definition) is 3. The maximum Gasteiger partial charge on any atom is 0.312 e. The average Bonchev–Trinajstić information content (AvgIpc) is 2.52. The van der Waals surface area contributed by atoms with Gasteiger partial charge in [-0.05, 0) is 18.4 Å². The fourth-order valence-corrected chi connectivity index (χ4v) is 2.12. The average molecular weight is 276 g/mol. The Kier molecular flexibility index (Phi) is 5.55. The van der Waals surface area contributed by atoms with Gasteiger partial charge in [0.1, 0.15) is 0 Å². The molecule has 0 atom stereocenters. The molecule has 0 aromatic heterocycles. The quantitative estimate of drug-likeness (QED) is 0.647. The van der Waals surface area contributed by atoms with Crippen LogP contribution in [-0.2, 0) is 20.7 Å². The largest absolute Gasteiger partial charge is 0.378 e. The number of carbonyl (C=O) groups excluding carboxylic acids is 2. The van der Waals surface area contributed by atoms with Crippen LogP contribution in [0, 0.1) is 0 Å². The monoisotopic (exact) mass is 276 g/mol. The summed E-state index contributed by atoms with van der Waals surface area (Å²) in [7, 11) is 0. The van der Waals surface area contributed by atoms with Crippen molar-refractivity contribution in [3.63, 3.8) is 0 Å². The summed E-state index contributed by atoms with van der Waals surface area (Å²) in [6.45, 7) is 2.52. The van der Waals surface area contributed by atoms with Crippen molar-refractivity contribution in [3.05, 3.63) is 35.9 Å². The molecule has 0 spiro atoms. The number of ether oxygens (including phenoxy) is 1. The van der Waals surface area contributed by atoms with Crippen LogP contribution in [-0.4, -0.2) is 49.6 Å². The molecule has 2 amide bonds. The van der Waals surface area contributed by atoms with Gasteiger partial charge in [-0.3, -0.25) is 9.59 Å². The van der Waals surface area contributed by atoms with Crippen LogP contribution in [0.3, 0.4) is 0 Å². The molecule has 2 rings (SSSR count). The number of nitrogens with zero attached hydrogens (tertiary/aromatic N) is 1. The zero-order valence-corrected chi connectivity index (χ0v) is 11.5. The lowest BCUT2D eigenvalue weighted by Gasteiger charge is -2.26. The SMILES string of the molecule is O=C(NCCCc1ccccc1)C(=O)N1CCOCC1. The van der Waals surface area contributed by atoms with E-state index in [0.717, 1.165) is 12.8 Å². The molecule has 0 bridgehead atoms. The Morgan fingerprint density at radius 3 is 2.55 bits per heavy atom. The van der Waals surface area contributed by atoms with Crippen LogP contribution < -0.4 is 5.32 Å². The summed E-state index contributed by atoms with van der Waals surface area (Å²) in [5, 5.41) is 2.68. The number of rotatable bonds is 4. The first-order valence-electron chi connectivity index (χ1n) is 6.96. The van der Waals surface area contributed by atoms with Crippen LogP contribution in [0.25, 0.3) is 0 Å². The van der Waals surface area contributed by atoms with Crippen LogP contribution in [0.2, 0.25) is 0 Å². The van der Waals surface area contributed by atoms with Gasteiger partial charge in [0.15, 0.2) is 0 Å². The lowest BCUT2D eigenvalue weighted by molar-refractivity contribution is -0.148. The van der Waals surface area contributed by atoms with Crippen LogP contribution in [0.4, 0.5) is 0 Å². The predicted molar refractivity (Wildman–Crippen MR) is 75.2 cm³/mol. The summed E-state index contributed by atoms with van der Waals surface area (Å²) in [6.07, 6.45) is 1.72. The normalized spacial score (nSPS) is 14.9. The molecule has 1 aromatic rings. The second-order valence-corrected chi connectivity index (χ2v) is 4.75. The molecular formula is C15H20N2O3. The molecule has 0 radical (unpaired) electrons. The molecule has 0 saturated carbocycles. The highest BCUT2D eigenvalue weighted by atomic mass is 16.5. The van der Waals surface area contributed by atoms with Crippen molar-refractivity contribution < 1.29 is 14.3 Å². The fourth-order valence-electron chi connectivity index (χ4n) is 2.12. The number of aryl methyl sites for hydroxylation is 1. The van der Waals surface area contributed by atoms with Gasteiger partial charge in [-0.15, -0.1) is 0 Å². The van der Waals surface area contributed by atoms with E-state index in [-0.39, 0.29) is 0 Å². The number of hydrogen-bond donors (Lipinski definition) is 1. The minimum absolute atomic E-state index is 0.451. The first-order chi connectivity index (χ1) is 9.77. The Labute approximate surface area is 118 Å².